The normalized spacial score (nSPS) is 13.0. The number of pyridine rings is 1. The molecule has 3 heterocycles. The second kappa shape index (κ2) is 14.8. The molecule has 0 bridgehead atoms. The van der Waals surface area contributed by atoms with Gasteiger partial charge in [-0.2, -0.15) is 0 Å². The van der Waals surface area contributed by atoms with Crippen molar-refractivity contribution in [3.05, 3.63) is 235 Å². The Morgan fingerprint density at radius 2 is 0.935 bits per heavy atom. The number of hydrogen-bond acceptors (Lipinski definition) is 4. The van der Waals surface area contributed by atoms with Crippen molar-refractivity contribution in [1.82, 2.24) is 24.5 Å². The molecule has 0 fully saturated rings. The number of benzene rings is 8. The third-order valence-corrected chi connectivity index (χ3v) is 12.2. The zero-order chi connectivity index (χ0) is 41.0. The lowest BCUT2D eigenvalue weighted by Crippen LogP contribution is -2.07. The van der Waals surface area contributed by atoms with Crippen molar-refractivity contribution in [1.29, 1.82) is 0 Å². The van der Waals surface area contributed by atoms with E-state index in [1.165, 1.54) is 49.6 Å². The minimum Gasteiger partial charge on any atom is -0.309 e. The van der Waals surface area contributed by atoms with Crippen molar-refractivity contribution in [2.75, 3.05) is 0 Å². The molecule has 12 rings (SSSR count). The van der Waals surface area contributed by atoms with Gasteiger partial charge in [0.05, 0.1) is 11.0 Å². The highest BCUT2D eigenvalue weighted by atomic mass is 15.0. The molecule has 1 unspecified atom stereocenters. The molecular weight excluding hydrogens is 755 g/mol. The quantitative estimate of drug-likeness (QED) is 0.161. The molecule has 0 saturated heterocycles. The molecule has 1 aliphatic rings. The summed E-state index contributed by atoms with van der Waals surface area (Å²) in [6.45, 7) is 0. The molecule has 0 spiro atoms. The fourth-order valence-corrected chi connectivity index (χ4v) is 9.56. The minimum atomic E-state index is -0.110. The van der Waals surface area contributed by atoms with Crippen molar-refractivity contribution in [2.24, 2.45) is 0 Å². The van der Waals surface area contributed by atoms with E-state index in [-0.39, 0.29) is 5.92 Å². The standard InChI is InChI=1S/C57H37N5/c1-5-19-37(20-6-1)46-35-40(56-59-55(39-23-9-3-10-24-39)60-57(61-56)48-30-17-18-34-58-48)36-47(38-21-7-2-8-22-38)51(46)53-43-28-14-13-27-42(43)44-32-33-50-52(54(44)53)45-29-15-16-31-49(45)62(50)41-25-11-4-12-26-41/h1-36,53H. The first-order valence-corrected chi connectivity index (χ1v) is 21.0. The Labute approximate surface area is 359 Å². The van der Waals surface area contributed by atoms with Gasteiger partial charge in [-0.1, -0.05) is 164 Å². The molecule has 5 heteroatoms. The number of aromatic nitrogens is 5. The van der Waals surface area contributed by atoms with Crippen LogP contribution in [0.25, 0.3) is 95.2 Å². The second-order valence-electron chi connectivity index (χ2n) is 15.7. The van der Waals surface area contributed by atoms with E-state index in [9.17, 15) is 0 Å². The molecule has 0 radical (unpaired) electrons. The molecule has 11 aromatic rings. The van der Waals surface area contributed by atoms with Crippen LogP contribution in [0.4, 0.5) is 0 Å². The van der Waals surface area contributed by atoms with Gasteiger partial charge >= 0.3 is 0 Å². The van der Waals surface area contributed by atoms with Crippen molar-refractivity contribution in [2.45, 2.75) is 5.92 Å². The van der Waals surface area contributed by atoms with Crippen LogP contribution >= 0.6 is 0 Å². The van der Waals surface area contributed by atoms with Gasteiger partial charge in [-0.25, -0.2) is 15.0 Å². The van der Waals surface area contributed by atoms with Gasteiger partial charge in [0.25, 0.3) is 0 Å². The minimum absolute atomic E-state index is 0.110. The van der Waals surface area contributed by atoms with E-state index < -0.39 is 0 Å². The van der Waals surface area contributed by atoms with Gasteiger partial charge in [0, 0.05) is 39.7 Å². The first kappa shape index (κ1) is 35.6. The lowest BCUT2D eigenvalue weighted by atomic mass is 9.78. The SMILES string of the molecule is c1ccc(-c2nc(-c3cc(-c4ccccc4)c(C4c5ccccc5-c5ccc6c(c54)c4ccccc4n6-c4ccccc4)c(-c4ccccc4)c3)nc(-c3ccccn3)n2)cc1. The second-order valence-corrected chi connectivity index (χ2v) is 15.7. The van der Waals surface area contributed by atoms with E-state index in [1.54, 1.807) is 6.20 Å². The summed E-state index contributed by atoms with van der Waals surface area (Å²) in [5, 5.41) is 2.51. The molecule has 8 aromatic carbocycles. The highest BCUT2D eigenvalue weighted by molar-refractivity contribution is 6.14. The fraction of sp³-hybridized carbons (Fsp3) is 0.0175. The number of rotatable bonds is 7. The molecule has 5 nitrogen and oxygen atoms in total. The Bertz CT molecular complexity index is 3320. The van der Waals surface area contributed by atoms with Crippen LogP contribution < -0.4 is 0 Å². The molecule has 3 aromatic heterocycles. The van der Waals surface area contributed by atoms with Crippen molar-refractivity contribution < 1.29 is 0 Å². The zero-order valence-electron chi connectivity index (χ0n) is 33.6. The van der Waals surface area contributed by atoms with Gasteiger partial charge in [0.2, 0.25) is 0 Å². The summed E-state index contributed by atoms with van der Waals surface area (Å²) in [6.07, 6.45) is 1.78. The number of hydrogen-bond donors (Lipinski definition) is 0. The Balaban J connectivity index is 1.20. The molecule has 0 amide bonds. The third kappa shape index (κ3) is 5.86. The van der Waals surface area contributed by atoms with E-state index in [0.29, 0.717) is 23.2 Å². The largest absolute Gasteiger partial charge is 0.309 e. The smallest absolute Gasteiger partial charge is 0.182 e. The Morgan fingerprint density at radius 1 is 0.371 bits per heavy atom. The summed E-state index contributed by atoms with van der Waals surface area (Å²) in [7, 11) is 0. The van der Waals surface area contributed by atoms with Crippen LogP contribution in [-0.4, -0.2) is 24.5 Å². The van der Waals surface area contributed by atoms with Gasteiger partial charge in [0.15, 0.2) is 17.5 Å². The summed E-state index contributed by atoms with van der Waals surface area (Å²) in [5.41, 5.74) is 16.9. The van der Waals surface area contributed by atoms with Crippen LogP contribution in [0.15, 0.2) is 219 Å². The van der Waals surface area contributed by atoms with Crippen molar-refractivity contribution in [3.63, 3.8) is 0 Å². The first-order valence-electron chi connectivity index (χ1n) is 21.0. The van der Waals surface area contributed by atoms with Gasteiger partial charge in [0.1, 0.15) is 5.69 Å². The number of fused-ring (bicyclic) bond motifs is 7. The van der Waals surface area contributed by atoms with Crippen LogP contribution in [0.5, 0.6) is 0 Å². The maximum atomic E-state index is 5.22. The van der Waals surface area contributed by atoms with E-state index in [0.717, 1.165) is 39.1 Å². The van der Waals surface area contributed by atoms with E-state index in [2.05, 4.69) is 173 Å². The van der Waals surface area contributed by atoms with E-state index in [1.807, 2.05) is 48.5 Å². The lowest BCUT2D eigenvalue weighted by molar-refractivity contribution is 1.03. The summed E-state index contributed by atoms with van der Waals surface area (Å²) < 4.78 is 2.43. The van der Waals surface area contributed by atoms with Gasteiger partial charge in [-0.3, -0.25) is 4.98 Å². The molecule has 62 heavy (non-hydrogen) atoms. The van der Waals surface area contributed by atoms with E-state index >= 15 is 0 Å². The lowest BCUT2D eigenvalue weighted by Gasteiger charge is -2.25. The van der Waals surface area contributed by atoms with Crippen LogP contribution in [0.3, 0.4) is 0 Å². The molecule has 290 valence electrons. The maximum absolute atomic E-state index is 5.22. The monoisotopic (exact) mass is 791 g/mol. The van der Waals surface area contributed by atoms with Crippen LogP contribution in [0.1, 0.15) is 22.6 Å². The van der Waals surface area contributed by atoms with Gasteiger partial charge in [-0.15, -0.1) is 0 Å². The highest BCUT2D eigenvalue weighted by Crippen LogP contribution is 2.56. The van der Waals surface area contributed by atoms with E-state index in [4.69, 9.17) is 15.0 Å². The Hall–Kier alpha value is -8.28. The fourth-order valence-electron chi connectivity index (χ4n) is 9.56. The van der Waals surface area contributed by atoms with Gasteiger partial charge < -0.3 is 4.57 Å². The molecule has 0 N–H and O–H groups in total. The molecule has 1 aliphatic carbocycles. The summed E-state index contributed by atoms with van der Waals surface area (Å²) >= 11 is 0. The molecule has 0 saturated carbocycles. The summed E-state index contributed by atoms with van der Waals surface area (Å²) in [6, 6.07) is 75.4. The number of nitrogens with zero attached hydrogens (tertiary/aromatic N) is 5. The topological polar surface area (TPSA) is 56.5 Å². The molecule has 0 aliphatic heterocycles. The number of para-hydroxylation sites is 2. The Kier molecular flexibility index (Phi) is 8.49. The van der Waals surface area contributed by atoms with Crippen molar-refractivity contribution >= 4 is 21.8 Å². The Morgan fingerprint density at radius 3 is 1.61 bits per heavy atom. The van der Waals surface area contributed by atoms with Crippen molar-refractivity contribution in [3.8, 4) is 73.4 Å². The van der Waals surface area contributed by atoms with Gasteiger partial charge in [-0.05, 0) is 98.6 Å². The van der Waals surface area contributed by atoms with Crippen LogP contribution in [0, 0.1) is 0 Å². The van der Waals surface area contributed by atoms with Crippen LogP contribution in [-0.2, 0) is 0 Å². The predicted octanol–water partition coefficient (Wildman–Crippen LogP) is 13.9. The molecular formula is C57H37N5. The zero-order valence-corrected chi connectivity index (χ0v) is 33.6. The summed E-state index contributed by atoms with van der Waals surface area (Å²) in [4.78, 5) is 20.1. The summed E-state index contributed by atoms with van der Waals surface area (Å²) in [5.74, 6) is 1.60. The van der Waals surface area contributed by atoms with Crippen LogP contribution in [0.2, 0.25) is 0 Å². The predicted molar refractivity (Wildman–Crippen MR) is 252 cm³/mol. The third-order valence-electron chi connectivity index (χ3n) is 12.2. The average Bonchev–Trinajstić information content (AvgIpc) is 3.87. The maximum Gasteiger partial charge on any atom is 0.182 e. The highest BCUT2D eigenvalue weighted by Gasteiger charge is 2.37. The molecule has 1 atom stereocenters. The average molecular weight is 792 g/mol. The first-order chi connectivity index (χ1) is 30.8.